The number of nitrogens with one attached hydrogen (secondary N) is 1. The maximum absolute atomic E-state index is 12.5. The van der Waals surface area contributed by atoms with E-state index >= 15 is 0 Å². The topological polar surface area (TPSA) is 144 Å². The lowest BCUT2D eigenvalue weighted by atomic mass is 9.99. The van der Waals surface area contributed by atoms with Crippen LogP contribution in [0.2, 0.25) is 0 Å². The summed E-state index contributed by atoms with van der Waals surface area (Å²) in [6.45, 7) is 4.19. The summed E-state index contributed by atoms with van der Waals surface area (Å²) in [6, 6.07) is 13.5. The molecule has 34 heavy (non-hydrogen) atoms. The van der Waals surface area contributed by atoms with Crippen LogP contribution in [0.5, 0.6) is 0 Å². The summed E-state index contributed by atoms with van der Waals surface area (Å²) in [5.41, 5.74) is 0.664. The van der Waals surface area contributed by atoms with Crippen LogP contribution in [0.4, 0.5) is 22.9 Å². The van der Waals surface area contributed by atoms with Crippen LogP contribution in [-0.4, -0.2) is 39.0 Å². The lowest BCUT2D eigenvalue weighted by Crippen LogP contribution is -2.33. The van der Waals surface area contributed by atoms with Crippen molar-refractivity contribution in [1.82, 2.24) is 10.2 Å². The molecular formula is C23H22N6O5. The molecule has 0 spiro atoms. The van der Waals surface area contributed by atoms with Gasteiger partial charge < -0.3 is 10.2 Å². The Hall–Kier alpha value is -4.41. The highest BCUT2D eigenvalue weighted by Crippen LogP contribution is 2.26. The Kier molecular flexibility index (Phi) is 6.44. The predicted molar refractivity (Wildman–Crippen MR) is 126 cm³/mol. The summed E-state index contributed by atoms with van der Waals surface area (Å²) in [5, 5.41) is 33.4. The lowest BCUT2D eigenvalue weighted by Gasteiger charge is -2.30. The number of hydrogen-bond acceptors (Lipinski definition) is 8. The number of anilines is 2. The molecule has 1 N–H and O–H groups in total. The van der Waals surface area contributed by atoms with Gasteiger partial charge in [0.2, 0.25) is 0 Å². The fourth-order valence-electron chi connectivity index (χ4n) is 3.75. The van der Waals surface area contributed by atoms with E-state index in [9.17, 15) is 25.0 Å². The van der Waals surface area contributed by atoms with E-state index in [2.05, 4.69) is 27.3 Å². The monoisotopic (exact) mass is 462 g/mol. The molecule has 1 aliphatic heterocycles. The summed E-state index contributed by atoms with van der Waals surface area (Å²) in [7, 11) is 0. The fourth-order valence-corrected chi connectivity index (χ4v) is 3.75. The number of non-ortho nitro benzene ring substituents is 2. The Labute approximate surface area is 194 Å². The number of piperidine rings is 1. The van der Waals surface area contributed by atoms with Gasteiger partial charge in [0, 0.05) is 36.5 Å². The molecule has 0 unspecified atom stereocenters. The summed E-state index contributed by atoms with van der Waals surface area (Å²) in [6.07, 6.45) is 2.28. The zero-order chi connectivity index (χ0) is 24.2. The maximum atomic E-state index is 12.5. The molecule has 1 amide bonds. The molecule has 2 heterocycles. The van der Waals surface area contributed by atoms with Crippen molar-refractivity contribution < 1.29 is 14.6 Å². The first-order valence-corrected chi connectivity index (χ1v) is 10.7. The first kappa shape index (κ1) is 22.8. The average molecular weight is 462 g/mol. The van der Waals surface area contributed by atoms with Crippen molar-refractivity contribution in [2.45, 2.75) is 19.8 Å². The van der Waals surface area contributed by atoms with Gasteiger partial charge in [-0.15, -0.1) is 10.2 Å². The number of carbonyl (C=O) groups is 1. The minimum absolute atomic E-state index is 0.182. The predicted octanol–water partition coefficient (Wildman–Crippen LogP) is 4.45. The van der Waals surface area contributed by atoms with Crippen LogP contribution in [0.1, 0.15) is 30.1 Å². The van der Waals surface area contributed by atoms with Crippen molar-refractivity contribution in [1.29, 1.82) is 0 Å². The first-order valence-electron chi connectivity index (χ1n) is 10.7. The molecule has 0 saturated carbocycles. The first-order chi connectivity index (χ1) is 16.3. The van der Waals surface area contributed by atoms with E-state index in [4.69, 9.17) is 0 Å². The highest BCUT2D eigenvalue weighted by molar-refractivity contribution is 6.05. The van der Waals surface area contributed by atoms with E-state index < -0.39 is 27.1 Å². The Morgan fingerprint density at radius 2 is 1.56 bits per heavy atom. The minimum Gasteiger partial charge on any atom is -0.355 e. The molecule has 11 nitrogen and oxygen atoms in total. The van der Waals surface area contributed by atoms with Gasteiger partial charge in [-0.2, -0.15) is 0 Å². The molecule has 1 saturated heterocycles. The Morgan fingerprint density at radius 1 is 0.941 bits per heavy atom. The van der Waals surface area contributed by atoms with Crippen LogP contribution in [0, 0.1) is 26.1 Å². The number of amides is 1. The molecule has 2 aromatic carbocycles. The smallest absolute Gasteiger partial charge is 0.277 e. The van der Waals surface area contributed by atoms with Crippen LogP contribution in [0.15, 0.2) is 54.6 Å². The van der Waals surface area contributed by atoms with Gasteiger partial charge >= 0.3 is 0 Å². The molecule has 1 fully saturated rings. The van der Waals surface area contributed by atoms with Crippen LogP contribution in [-0.2, 0) is 0 Å². The van der Waals surface area contributed by atoms with Crippen LogP contribution in [0.3, 0.4) is 0 Å². The molecule has 11 heteroatoms. The molecule has 0 aliphatic carbocycles. The number of carbonyl (C=O) groups excluding carboxylic acids is 1. The number of rotatable bonds is 6. The summed E-state index contributed by atoms with van der Waals surface area (Å²) in [4.78, 5) is 35.3. The number of aromatic nitrogens is 2. The molecule has 0 radical (unpaired) electrons. The molecule has 1 aliphatic rings. The van der Waals surface area contributed by atoms with Crippen molar-refractivity contribution in [2.75, 3.05) is 23.3 Å². The van der Waals surface area contributed by atoms with Crippen LogP contribution >= 0.6 is 0 Å². The Bertz CT molecular complexity index is 1190. The van der Waals surface area contributed by atoms with Gasteiger partial charge in [-0.05, 0) is 43.0 Å². The Morgan fingerprint density at radius 3 is 2.09 bits per heavy atom. The molecule has 174 valence electrons. The van der Waals surface area contributed by atoms with Gasteiger partial charge in [-0.1, -0.05) is 19.1 Å². The third kappa shape index (κ3) is 5.14. The number of benzene rings is 2. The van der Waals surface area contributed by atoms with Crippen molar-refractivity contribution in [3.63, 3.8) is 0 Å². The van der Waals surface area contributed by atoms with E-state index in [1.807, 2.05) is 12.1 Å². The van der Waals surface area contributed by atoms with E-state index in [1.165, 1.54) is 0 Å². The van der Waals surface area contributed by atoms with Crippen LogP contribution in [0.25, 0.3) is 11.3 Å². The van der Waals surface area contributed by atoms with Gasteiger partial charge in [0.15, 0.2) is 5.82 Å². The fraction of sp³-hybridized carbons (Fsp3) is 0.261. The number of nitro benzene ring substituents is 2. The standard InChI is InChI=1S/C23H22N6O5/c1-15-8-10-27(11-9-15)22-7-6-21(25-26-22)16-2-4-18(5-3-16)24-23(30)17-12-19(28(31)32)14-20(13-17)29(33)34/h2-7,12-15H,8-11H2,1H3,(H,24,30). The van der Waals surface area contributed by atoms with Crippen LogP contribution < -0.4 is 10.2 Å². The molecule has 0 atom stereocenters. The molecule has 3 aromatic rings. The van der Waals surface area contributed by atoms with Crippen molar-refractivity contribution >= 4 is 28.8 Å². The summed E-state index contributed by atoms with van der Waals surface area (Å²) < 4.78 is 0. The number of hydrogen-bond donors (Lipinski definition) is 1. The third-order valence-corrected chi connectivity index (χ3v) is 5.78. The second kappa shape index (κ2) is 9.61. The zero-order valence-corrected chi connectivity index (χ0v) is 18.4. The van der Waals surface area contributed by atoms with Gasteiger partial charge in [0.1, 0.15) is 0 Å². The minimum atomic E-state index is -0.781. The highest BCUT2D eigenvalue weighted by Gasteiger charge is 2.20. The molecule has 1 aromatic heterocycles. The normalized spacial score (nSPS) is 14.0. The van der Waals surface area contributed by atoms with E-state index in [0.29, 0.717) is 11.4 Å². The SMILES string of the molecule is CC1CCN(c2ccc(-c3ccc(NC(=O)c4cc([N+](=O)[O-])cc([N+](=O)[O-])c4)cc3)nn2)CC1. The quantitative estimate of drug-likeness (QED) is 0.418. The average Bonchev–Trinajstić information content (AvgIpc) is 2.85. The lowest BCUT2D eigenvalue weighted by molar-refractivity contribution is -0.394. The van der Waals surface area contributed by atoms with Crippen molar-refractivity contribution in [3.8, 4) is 11.3 Å². The maximum Gasteiger partial charge on any atom is 0.277 e. The van der Waals surface area contributed by atoms with Gasteiger partial charge in [0.05, 0.1) is 27.2 Å². The van der Waals surface area contributed by atoms with Gasteiger partial charge in [-0.3, -0.25) is 25.0 Å². The summed E-state index contributed by atoms with van der Waals surface area (Å²) >= 11 is 0. The Balaban J connectivity index is 1.45. The molecule has 0 bridgehead atoms. The van der Waals surface area contributed by atoms with E-state index in [-0.39, 0.29) is 5.56 Å². The van der Waals surface area contributed by atoms with Crippen molar-refractivity contribution in [2.24, 2.45) is 5.92 Å². The van der Waals surface area contributed by atoms with Gasteiger partial charge in [0.25, 0.3) is 17.3 Å². The largest absolute Gasteiger partial charge is 0.355 e. The van der Waals surface area contributed by atoms with E-state index in [1.54, 1.807) is 24.3 Å². The van der Waals surface area contributed by atoms with Gasteiger partial charge in [-0.25, -0.2) is 0 Å². The second-order valence-electron chi connectivity index (χ2n) is 8.23. The third-order valence-electron chi connectivity index (χ3n) is 5.78. The van der Waals surface area contributed by atoms with Crippen molar-refractivity contribution in [3.05, 3.63) is 80.4 Å². The zero-order valence-electron chi connectivity index (χ0n) is 18.4. The number of nitrogens with zero attached hydrogens (tertiary/aromatic N) is 5. The second-order valence-corrected chi connectivity index (χ2v) is 8.23. The summed E-state index contributed by atoms with van der Waals surface area (Å²) in [5.74, 6) is 0.889. The number of nitro groups is 2. The molecule has 4 rings (SSSR count). The van der Waals surface area contributed by atoms with E-state index in [0.717, 1.165) is 61.4 Å². The highest BCUT2D eigenvalue weighted by atomic mass is 16.6. The molecular weight excluding hydrogens is 440 g/mol.